The predicted octanol–water partition coefficient (Wildman–Crippen LogP) is 3.62. The number of ether oxygens (including phenoxy) is 2. The van der Waals surface area contributed by atoms with Gasteiger partial charge in [0, 0.05) is 11.1 Å². The number of allylic oxidation sites excluding steroid dienone is 1. The van der Waals surface area contributed by atoms with Gasteiger partial charge in [0.15, 0.2) is 17.3 Å². The summed E-state index contributed by atoms with van der Waals surface area (Å²) >= 11 is 0. The first-order chi connectivity index (χ1) is 11.1. The van der Waals surface area contributed by atoms with E-state index in [1.165, 1.54) is 14.2 Å². The predicted molar refractivity (Wildman–Crippen MR) is 88.3 cm³/mol. The lowest BCUT2D eigenvalue weighted by Crippen LogP contribution is -2.13. The van der Waals surface area contributed by atoms with Crippen LogP contribution >= 0.6 is 0 Å². The van der Waals surface area contributed by atoms with E-state index in [4.69, 9.17) is 9.47 Å². The average molecular weight is 310 g/mol. The van der Waals surface area contributed by atoms with Crippen LogP contribution < -0.4 is 9.47 Å². The summed E-state index contributed by atoms with van der Waals surface area (Å²) in [5.41, 5.74) is 3.37. The Morgan fingerprint density at radius 2 is 1.70 bits per heavy atom. The molecule has 118 valence electrons. The molecule has 2 aromatic carbocycles. The molecule has 0 radical (unpaired) electrons. The van der Waals surface area contributed by atoms with E-state index in [1.807, 2.05) is 30.3 Å². The van der Waals surface area contributed by atoms with Crippen molar-refractivity contribution in [2.24, 2.45) is 0 Å². The summed E-state index contributed by atoms with van der Waals surface area (Å²) in [5.74, 6) is 0.648. The van der Waals surface area contributed by atoms with Crippen molar-refractivity contribution >= 4 is 11.9 Å². The first-order valence-electron chi connectivity index (χ1n) is 7.42. The van der Waals surface area contributed by atoms with Crippen LogP contribution in [0.2, 0.25) is 0 Å². The Bertz CT molecular complexity index is 765. The second-order valence-corrected chi connectivity index (χ2v) is 5.43. The monoisotopic (exact) mass is 310 g/mol. The van der Waals surface area contributed by atoms with Crippen LogP contribution in [-0.2, 0) is 6.42 Å². The highest BCUT2D eigenvalue weighted by Crippen LogP contribution is 2.38. The van der Waals surface area contributed by atoms with E-state index < -0.39 is 0 Å². The Kier molecular flexibility index (Phi) is 4.06. The molecule has 0 fully saturated rings. The highest BCUT2D eigenvalue weighted by molar-refractivity contribution is 6.13. The number of aryl methyl sites for hydroxylation is 1. The molecule has 0 amide bonds. The van der Waals surface area contributed by atoms with Gasteiger partial charge in [-0.3, -0.25) is 4.79 Å². The molecule has 0 atom stereocenters. The van der Waals surface area contributed by atoms with Crippen LogP contribution in [0.3, 0.4) is 0 Å². The number of hydrogen-bond donors (Lipinski definition) is 1. The van der Waals surface area contributed by atoms with E-state index in [0.717, 1.165) is 28.7 Å². The van der Waals surface area contributed by atoms with Crippen LogP contribution in [-0.4, -0.2) is 25.1 Å². The number of benzene rings is 2. The minimum Gasteiger partial charge on any atom is -0.502 e. The van der Waals surface area contributed by atoms with Gasteiger partial charge in [0.2, 0.25) is 5.75 Å². The minimum atomic E-state index is -0.0440. The molecule has 2 aromatic rings. The summed E-state index contributed by atoms with van der Waals surface area (Å²) in [6.07, 6.45) is 3.38. The number of phenolic OH excluding ortho intramolecular Hbond substituents is 1. The van der Waals surface area contributed by atoms with E-state index in [2.05, 4.69) is 0 Å². The van der Waals surface area contributed by atoms with E-state index >= 15 is 0 Å². The topological polar surface area (TPSA) is 55.8 Å². The zero-order chi connectivity index (χ0) is 16.4. The summed E-state index contributed by atoms with van der Waals surface area (Å²) in [6, 6.07) is 11.1. The lowest BCUT2D eigenvalue weighted by atomic mass is 9.86. The number of hydrogen-bond acceptors (Lipinski definition) is 4. The summed E-state index contributed by atoms with van der Waals surface area (Å²) in [7, 11) is 2.96. The molecule has 0 bridgehead atoms. The smallest absolute Gasteiger partial charge is 0.200 e. The largest absolute Gasteiger partial charge is 0.502 e. The third kappa shape index (κ3) is 2.80. The molecule has 1 aliphatic carbocycles. The van der Waals surface area contributed by atoms with Crippen molar-refractivity contribution in [2.45, 2.75) is 12.8 Å². The number of aromatic hydroxyl groups is 1. The Balaban J connectivity index is 2.01. The average Bonchev–Trinajstić information content (AvgIpc) is 2.59. The fourth-order valence-electron chi connectivity index (χ4n) is 2.85. The fourth-order valence-corrected chi connectivity index (χ4v) is 2.85. The van der Waals surface area contributed by atoms with Crippen LogP contribution in [0.4, 0.5) is 0 Å². The standard InChI is InChI=1S/C19H18O4/c1-22-16-10-12(11-17(23-2)19(16)21)9-14-8-7-13-5-3-4-6-15(13)18(14)20/h3-6,9-11,21H,7-8H2,1-2H3/b14-9+. The molecule has 0 aliphatic heterocycles. The number of ketones is 1. The van der Waals surface area contributed by atoms with Gasteiger partial charge in [0.1, 0.15) is 0 Å². The van der Waals surface area contributed by atoms with Crippen LogP contribution in [0.5, 0.6) is 17.2 Å². The number of phenols is 1. The van der Waals surface area contributed by atoms with Gasteiger partial charge in [0.05, 0.1) is 14.2 Å². The van der Waals surface area contributed by atoms with Crippen LogP contribution in [0, 0.1) is 0 Å². The van der Waals surface area contributed by atoms with Crippen molar-refractivity contribution in [1.29, 1.82) is 0 Å². The molecule has 0 aromatic heterocycles. The molecule has 1 aliphatic rings. The van der Waals surface area contributed by atoms with Crippen LogP contribution in [0.1, 0.15) is 27.9 Å². The van der Waals surface area contributed by atoms with Crippen LogP contribution in [0.15, 0.2) is 42.0 Å². The first-order valence-corrected chi connectivity index (χ1v) is 7.42. The lowest BCUT2D eigenvalue weighted by molar-refractivity contribution is 0.102. The van der Waals surface area contributed by atoms with Gasteiger partial charge in [0.25, 0.3) is 0 Å². The SMILES string of the molecule is COc1cc(/C=C2\CCc3ccccc3C2=O)cc(OC)c1O. The second kappa shape index (κ2) is 6.16. The van der Waals surface area contributed by atoms with Crippen molar-refractivity contribution in [3.63, 3.8) is 0 Å². The third-order valence-electron chi connectivity index (χ3n) is 4.06. The summed E-state index contributed by atoms with van der Waals surface area (Å²) < 4.78 is 10.3. The first kappa shape index (κ1) is 15.2. The molecule has 0 saturated heterocycles. The maximum absolute atomic E-state index is 12.6. The summed E-state index contributed by atoms with van der Waals surface area (Å²) in [6.45, 7) is 0. The maximum atomic E-state index is 12.6. The van der Waals surface area contributed by atoms with Crippen molar-refractivity contribution < 1.29 is 19.4 Å². The van der Waals surface area contributed by atoms with Crippen molar-refractivity contribution in [3.8, 4) is 17.2 Å². The Morgan fingerprint density at radius 3 is 2.35 bits per heavy atom. The van der Waals surface area contributed by atoms with Gasteiger partial charge in [-0.1, -0.05) is 24.3 Å². The van der Waals surface area contributed by atoms with Gasteiger partial charge in [-0.15, -0.1) is 0 Å². The Hall–Kier alpha value is -2.75. The number of rotatable bonds is 3. The zero-order valence-corrected chi connectivity index (χ0v) is 13.1. The lowest BCUT2D eigenvalue weighted by Gasteiger charge is -2.17. The normalized spacial score (nSPS) is 15.4. The number of Topliss-reactive ketones (excluding diaryl/α,β-unsaturated/α-hetero) is 1. The quantitative estimate of drug-likeness (QED) is 0.880. The molecular formula is C19H18O4. The molecule has 4 heteroatoms. The van der Waals surface area contributed by atoms with E-state index in [9.17, 15) is 9.90 Å². The Morgan fingerprint density at radius 1 is 1.04 bits per heavy atom. The number of carbonyl (C=O) groups excluding carboxylic acids is 1. The van der Waals surface area contributed by atoms with Gasteiger partial charge in [-0.25, -0.2) is 0 Å². The van der Waals surface area contributed by atoms with Crippen molar-refractivity contribution in [3.05, 3.63) is 58.7 Å². The van der Waals surface area contributed by atoms with Crippen LogP contribution in [0.25, 0.3) is 6.08 Å². The summed E-state index contributed by atoms with van der Waals surface area (Å²) in [5, 5.41) is 9.96. The zero-order valence-electron chi connectivity index (χ0n) is 13.1. The van der Waals surface area contributed by atoms with Gasteiger partial charge < -0.3 is 14.6 Å². The molecule has 0 saturated carbocycles. The minimum absolute atomic E-state index is 0.0440. The molecule has 23 heavy (non-hydrogen) atoms. The van der Waals surface area contributed by atoms with Gasteiger partial charge in [-0.05, 0) is 42.2 Å². The van der Waals surface area contributed by atoms with E-state index in [0.29, 0.717) is 17.9 Å². The Labute approximate surface area is 135 Å². The van der Waals surface area contributed by atoms with E-state index in [1.54, 1.807) is 12.1 Å². The van der Waals surface area contributed by atoms with Crippen molar-refractivity contribution in [1.82, 2.24) is 0 Å². The van der Waals surface area contributed by atoms with E-state index in [-0.39, 0.29) is 11.5 Å². The van der Waals surface area contributed by atoms with Crippen molar-refractivity contribution in [2.75, 3.05) is 14.2 Å². The molecule has 3 rings (SSSR count). The third-order valence-corrected chi connectivity index (χ3v) is 4.06. The molecule has 0 heterocycles. The number of methoxy groups -OCH3 is 2. The molecular weight excluding hydrogens is 292 g/mol. The molecule has 0 unspecified atom stereocenters. The maximum Gasteiger partial charge on any atom is 0.200 e. The fraction of sp³-hybridized carbons (Fsp3) is 0.211. The van der Waals surface area contributed by atoms with Gasteiger partial charge >= 0.3 is 0 Å². The highest BCUT2D eigenvalue weighted by atomic mass is 16.5. The number of fused-ring (bicyclic) bond motifs is 1. The second-order valence-electron chi connectivity index (χ2n) is 5.43. The highest BCUT2D eigenvalue weighted by Gasteiger charge is 2.21. The molecule has 1 N–H and O–H groups in total. The van der Waals surface area contributed by atoms with Gasteiger partial charge in [-0.2, -0.15) is 0 Å². The summed E-state index contributed by atoms with van der Waals surface area (Å²) in [4.78, 5) is 12.6. The molecule has 0 spiro atoms. The number of carbonyl (C=O) groups is 1. The molecule has 4 nitrogen and oxygen atoms in total.